The van der Waals surface area contributed by atoms with Crippen LogP contribution in [0.2, 0.25) is 0 Å². The summed E-state index contributed by atoms with van der Waals surface area (Å²) in [7, 11) is 0. The van der Waals surface area contributed by atoms with E-state index in [0.717, 1.165) is 4.90 Å². The molecule has 6 nitrogen and oxygen atoms in total. The first-order valence-electron chi connectivity index (χ1n) is 5.51. The van der Waals surface area contributed by atoms with Gasteiger partial charge in [0.25, 0.3) is 11.8 Å². The second kappa shape index (κ2) is 4.56. The van der Waals surface area contributed by atoms with E-state index in [9.17, 15) is 14.4 Å². The first kappa shape index (κ1) is 12.2. The third-order valence-corrected chi connectivity index (χ3v) is 2.39. The average molecular weight is 248 g/mol. The molecule has 1 aromatic heterocycles. The number of hydrogen-bond donors (Lipinski definition) is 0. The summed E-state index contributed by atoms with van der Waals surface area (Å²) in [6.45, 7) is 3.01. The third kappa shape index (κ3) is 2.09. The van der Waals surface area contributed by atoms with E-state index in [1.165, 1.54) is 12.3 Å². The molecule has 0 bridgehead atoms. The van der Waals surface area contributed by atoms with Gasteiger partial charge in [0.2, 0.25) is 0 Å². The Morgan fingerprint density at radius 2 is 2.11 bits per heavy atom. The van der Waals surface area contributed by atoms with Gasteiger partial charge in [-0.2, -0.15) is 0 Å². The van der Waals surface area contributed by atoms with Crippen LogP contribution in [0.4, 0.5) is 0 Å². The minimum atomic E-state index is -0.612. The zero-order chi connectivity index (χ0) is 13.3. The maximum absolute atomic E-state index is 11.9. The van der Waals surface area contributed by atoms with Crippen LogP contribution in [0, 0.1) is 0 Å². The molecule has 2 rings (SSSR count). The lowest BCUT2D eigenvalue weighted by molar-refractivity contribution is -0.147. The molecule has 0 fully saturated rings. The van der Waals surface area contributed by atoms with Gasteiger partial charge in [-0.1, -0.05) is 0 Å². The summed E-state index contributed by atoms with van der Waals surface area (Å²) in [6, 6.07) is 3.08. The number of pyridine rings is 1. The summed E-state index contributed by atoms with van der Waals surface area (Å²) in [5.74, 6) is -1.68. The highest BCUT2D eigenvalue weighted by atomic mass is 16.5. The summed E-state index contributed by atoms with van der Waals surface area (Å²) in [5, 5.41) is 0. The molecular formula is C12H12N2O4. The van der Waals surface area contributed by atoms with Crippen molar-refractivity contribution in [3.05, 3.63) is 29.6 Å². The molecular weight excluding hydrogens is 236 g/mol. The number of carbonyl (C=O) groups excluding carboxylic acids is 3. The van der Waals surface area contributed by atoms with Gasteiger partial charge >= 0.3 is 5.97 Å². The van der Waals surface area contributed by atoms with Gasteiger partial charge in [0, 0.05) is 6.20 Å². The molecule has 0 atom stereocenters. The smallest absolute Gasteiger partial charge is 0.326 e. The van der Waals surface area contributed by atoms with Crippen LogP contribution in [0.15, 0.2) is 18.3 Å². The molecule has 0 aliphatic carbocycles. The Morgan fingerprint density at radius 1 is 1.39 bits per heavy atom. The van der Waals surface area contributed by atoms with Crippen molar-refractivity contribution in [2.75, 3.05) is 6.54 Å². The number of amides is 2. The van der Waals surface area contributed by atoms with E-state index in [1.54, 1.807) is 19.9 Å². The van der Waals surface area contributed by atoms with E-state index < -0.39 is 17.8 Å². The van der Waals surface area contributed by atoms with Gasteiger partial charge in [-0.05, 0) is 26.0 Å². The van der Waals surface area contributed by atoms with Crippen LogP contribution in [0.25, 0.3) is 0 Å². The maximum Gasteiger partial charge on any atom is 0.326 e. The zero-order valence-electron chi connectivity index (χ0n) is 10.0. The Bertz CT molecular complexity index is 490. The molecule has 0 radical (unpaired) electrons. The highest BCUT2D eigenvalue weighted by Crippen LogP contribution is 2.20. The molecule has 2 amide bonds. The van der Waals surface area contributed by atoms with Crippen LogP contribution < -0.4 is 0 Å². The molecule has 0 unspecified atom stereocenters. The molecule has 1 aliphatic heterocycles. The number of carbonyl (C=O) groups is 3. The first-order chi connectivity index (χ1) is 8.50. The van der Waals surface area contributed by atoms with E-state index in [4.69, 9.17) is 4.74 Å². The van der Waals surface area contributed by atoms with Crippen molar-refractivity contribution < 1.29 is 19.1 Å². The lowest BCUT2D eigenvalue weighted by atomic mass is 10.2. The molecule has 1 aromatic rings. The first-order valence-corrected chi connectivity index (χ1v) is 5.51. The zero-order valence-corrected chi connectivity index (χ0v) is 10.0. The maximum atomic E-state index is 11.9. The van der Waals surface area contributed by atoms with E-state index >= 15 is 0 Å². The normalized spacial score (nSPS) is 14.1. The number of rotatable bonds is 3. The molecule has 0 spiro atoms. The average Bonchev–Trinajstić information content (AvgIpc) is 2.54. The van der Waals surface area contributed by atoms with Crippen molar-refractivity contribution in [1.82, 2.24) is 9.88 Å². The Kier molecular flexibility index (Phi) is 3.10. The highest BCUT2D eigenvalue weighted by Gasteiger charge is 2.38. The highest BCUT2D eigenvalue weighted by molar-refractivity contribution is 6.21. The SMILES string of the molecule is CC(C)OC(=O)CN1C(=O)c2cccnc2C1=O. The van der Waals surface area contributed by atoms with Gasteiger partial charge in [0.05, 0.1) is 11.7 Å². The van der Waals surface area contributed by atoms with E-state index in [0.29, 0.717) is 0 Å². The summed E-state index contributed by atoms with van der Waals surface area (Å²) < 4.78 is 4.90. The Balaban J connectivity index is 2.16. The van der Waals surface area contributed by atoms with Crippen LogP contribution in [0.5, 0.6) is 0 Å². The molecule has 94 valence electrons. The molecule has 1 aliphatic rings. The third-order valence-electron chi connectivity index (χ3n) is 2.39. The van der Waals surface area contributed by atoms with Gasteiger partial charge in [-0.15, -0.1) is 0 Å². The van der Waals surface area contributed by atoms with Crippen LogP contribution >= 0.6 is 0 Å². The molecule has 2 heterocycles. The van der Waals surface area contributed by atoms with E-state index in [-0.39, 0.29) is 23.9 Å². The van der Waals surface area contributed by atoms with Gasteiger partial charge in [0.15, 0.2) is 0 Å². The molecule has 18 heavy (non-hydrogen) atoms. The summed E-state index contributed by atoms with van der Waals surface area (Å²) >= 11 is 0. The van der Waals surface area contributed by atoms with Gasteiger partial charge < -0.3 is 4.74 Å². The van der Waals surface area contributed by atoms with Crippen LogP contribution in [0.1, 0.15) is 34.7 Å². The van der Waals surface area contributed by atoms with Crippen molar-refractivity contribution in [2.24, 2.45) is 0 Å². The Morgan fingerprint density at radius 3 is 2.72 bits per heavy atom. The summed E-state index contributed by atoms with van der Waals surface area (Å²) in [5.41, 5.74) is 0.305. The van der Waals surface area contributed by atoms with Crippen molar-refractivity contribution in [1.29, 1.82) is 0 Å². The van der Waals surface area contributed by atoms with Crippen molar-refractivity contribution in [2.45, 2.75) is 20.0 Å². The summed E-state index contributed by atoms with van der Waals surface area (Å²) in [6.07, 6.45) is 1.14. The largest absolute Gasteiger partial charge is 0.462 e. The molecule has 0 saturated heterocycles. The van der Waals surface area contributed by atoms with E-state index in [2.05, 4.69) is 4.98 Å². The topological polar surface area (TPSA) is 76.6 Å². The lowest BCUT2D eigenvalue weighted by Crippen LogP contribution is -2.36. The minimum Gasteiger partial charge on any atom is -0.462 e. The lowest BCUT2D eigenvalue weighted by Gasteiger charge is -2.14. The fourth-order valence-electron chi connectivity index (χ4n) is 1.69. The van der Waals surface area contributed by atoms with Gasteiger partial charge in [0.1, 0.15) is 12.2 Å². The Hall–Kier alpha value is -2.24. The van der Waals surface area contributed by atoms with Crippen LogP contribution in [-0.4, -0.2) is 40.3 Å². The number of nitrogens with zero attached hydrogens (tertiary/aromatic N) is 2. The number of ether oxygens (including phenoxy) is 1. The second-order valence-electron chi connectivity index (χ2n) is 4.13. The molecule has 0 saturated carbocycles. The number of imide groups is 1. The van der Waals surface area contributed by atoms with Gasteiger partial charge in [-0.25, -0.2) is 0 Å². The number of hydrogen-bond acceptors (Lipinski definition) is 5. The number of fused-ring (bicyclic) bond motifs is 1. The summed E-state index contributed by atoms with van der Waals surface area (Å²) in [4.78, 5) is 39.9. The Labute approximate surface area is 104 Å². The van der Waals surface area contributed by atoms with Crippen molar-refractivity contribution in [3.8, 4) is 0 Å². The van der Waals surface area contributed by atoms with Crippen molar-refractivity contribution >= 4 is 17.8 Å². The molecule has 0 aromatic carbocycles. The minimum absolute atomic E-state index is 0.0832. The fourth-order valence-corrected chi connectivity index (χ4v) is 1.69. The molecule has 0 N–H and O–H groups in total. The van der Waals surface area contributed by atoms with Crippen molar-refractivity contribution in [3.63, 3.8) is 0 Å². The number of aromatic nitrogens is 1. The molecule has 6 heteroatoms. The predicted molar refractivity (Wildman–Crippen MR) is 60.8 cm³/mol. The van der Waals surface area contributed by atoms with Crippen LogP contribution in [-0.2, 0) is 9.53 Å². The predicted octanol–water partition coefficient (Wildman–Crippen LogP) is 0.629. The quantitative estimate of drug-likeness (QED) is 0.579. The van der Waals surface area contributed by atoms with E-state index in [1.807, 2.05) is 0 Å². The van der Waals surface area contributed by atoms with Gasteiger partial charge in [-0.3, -0.25) is 24.3 Å². The number of esters is 1. The fraction of sp³-hybridized carbons (Fsp3) is 0.333. The standard InChI is InChI=1S/C12H12N2O4/c1-7(2)18-9(15)6-14-11(16)8-4-3-5-13-10(8)12(14)17/h3-5,7H,6H2,1-2H3. The van der Waals surface area contributed by atoms with Crippen LogP contribution in [0.3, 0.4) is 0 Å². The second-order valence-corrected chi connectivity index (χ2v) is 4.13. The monoisotopic (exact) mass is 248 g/mol.